The topological polar surface area (TPSA) is 132 Å². The van der Waals surface area contributed by atoms with Crippen LogP contribution >= 0.6 is 0 Å². The maximum absolute atomic E-state index is 12.4. The maximum atomic E-state index is 12.4. The lowest BCUT2D eigenvalue weighted by atomic mass is 10.1. The first kappa shape index (κ1) is 18.1. The first-order valence-electron chi connectivity index (χ1n) is 8.10. The molecular formula is C18H18N4O5. The molecule has 1 aliphatic heterocycles. The summed E-state index contributed by atoms with van der Waals surface area (Å²) in [5.41, 5.74) is 6.47. The first-order chi connectivity index (χ1) is 12.9. The van der Waals surface area contributed by atoms with Gasteiger partial charge in [0.05, 0.1) is 0 Å². The quantitative estimate of drug-likeness (QED) is 0.633. The number of hydrogen-bond acceptors (Lipinski definition) is 6. The number of carbonyl (C=O) groups excluding carboxylic acids is 3. The van der Waals surface area contributed by atoms with Crippen molar-refractivity contribution in [2.45, 2.75) is 13.0 Å². The van der Waals surface area contributed by atoms with Crippen molar-refractivity contribution in [2.75, 3.05) is 17.4 Å². The van der Waals surface area contributed by atoms with Gasteiger partial charge in [-0.2, -0.15) is 0 Å². The summed E-state index contributed by atoms with van der Waals surface area (Å²) in [5.74, 6) is 0.246. The summed E-state index contributed by atoms with van der Waals surface area (Å²) in [6.07, 6.45) is 0. The zero-order valence-corrected chi connectivity index (χ0v) is 14.4. The normalized spacial score (nSPS) is 12.8. The van der Waals surface area contributed by atoms with Crippen LogP contribution in [0.3, 0.4) is 0 Å². The lowest BCUT2D eigenvalue weighted by Gasteiger charge is -2.15. The number of imide groups is 1. The number of ether oxygens (including phenoxy) is 2. The molecule has 9 nitrogen and oxygen atoms in total. The number of hydrogen-bond donors (Lipinski definition) is 4. The van der Waals surface area contributed by atoms with Crippen LogP contribution in [0.2, 0.25) is 0 Å². The van der Waals surface area contributed by atoms with Crippen LogP contribution in [-0.4, -0.2) is 30.7 Å². The van der Waals surface area contributed by atoms with Crippen molar-refractivity contribution in [3.63, 3.8) is 0 Å². The molecule has 1 aliphatic rings. The van der Waals surface area contributed by atoms with Gasteiger partial charge in [-0.1, -0.05) is 6.07 Å². The minimum absolute atomic E-state index is 0.135. The highest BCUT2D eigenvalue weighted by atomic mass is 16.7. The van der Waals surface area contributed by atoms with E-state index in [0.29, 0.717) is 28.4 Å². The second-order valence-corrected chi connectivity index (χ2v) is 5.82. The van der Waals surface area contributed by atoms with Gasteiger partial charge in [-0.3, -0.25) is 14.9 Å². The predicted octanol–water partition coefficient (Wildman–Crippen LogP) is 1.66. The molecule has 2 aromatic carbocycles. The minimum Gasteiger partial charge on any atom is -0.454 e. The predicted molar refractivity (Wildman–Crippen MR) is 97.8 cm³/mol. The van der Waals surface area contributed by atoms with Crippen LogP contribution in [-0.2, 0) is 4.79 Å². The number of nitrogens with one attached hydrogen (secondary N) is 3. The number of benzene rings is 2. The van der Waals surface area contributed by atoms with Crippen molar-refractivity contribution < 1.29 is 23.9 Å². The molecular weight excluding hydrogens is 352 g/mol. The highest BCUT2D eigenvalue weighted by molar-refractivity contribution is 6.05. The van der Waals surface area contributed by atoms with E-state index in [1.54, 1.807) is 49.4 Å². The van der Waals surface area contributed by atoms with Gasteiger partial charge >= 0.3 is 6.03 Å². The Balaban J connectivity index is 1.66. The van der Waals surface area contributed by atoms with E-state index in [1.165, 1.54) is 0 Å². The van der Waals surface area contributed by atoms with E-state index >= 15 is 0 Å². The van der Waals surface area contributed by atoms with Gasteiger partial charge in [0.25, 0.3) is 5.91 Å². The molecule has 1 heterocycles. The van der Waals surface area contributed by atoms with E-state index in [4.69, 9.17) is 15.2 Å². The third-order valence-electron chi connectivity index (χ3n) is 3.78. The largest absolute Gasteiger partial charge is 0.454 e. The Morgan fingerprint density at radius 2 is 1.78 bits per heavy atom. The smallest absolute Gasteiger partial charge is 0.318 e. The molecule has 0 saturated carbocycles. The van der Waals surface area contributed by atoms with Gasteiger partial charge < -0.3 is 25.8 Å². The number of amides is 4. The van der Waals surface area contributed by atoms with Crippen LogP contribution in [0, 0.1) is 0 Å². The zero-order chi connectivity index (χ0) is 19.4. The molecule has 0 saturated heterocycles. The number of primary amides is 1. The van der Waals surface area contributed by atoms with E-state index in [1.807, 2.05) is 5.32 Å². The average molecular weight is 370 g/mol. The molecule has 2 aromatic rings. The molecule has 0 spiro atoms. The summed E-state index contributed by atoms with van der Waals surface area (Å²) in [4.78, 5) is 34.9. The van der Waals surface area contributed by atoms with Gasteiger partial charge in [0.2, 0.25) is 12.7 Å². The molecule has 27 heavy (non-hydrogen) atoms. The summed E-state index contributed by atoms with van der Waals surface area (Å²) in [6, 6.07) is 10.1. The van der Waals surface area contributed by atoms with Gasteiger partial charge in [-0.25, -0.2) is 4.79 Å². The molecule has 0 radical (unpaired) electrons. The summed E-state index contributed by atoms with van der Waals surface area (Å²) in [5, 5.41) is 7.70. The zero-order valence-electron chi connectivity index (χ0n) is 14.4. The number of nitrogens with two attached hydrogens (primary N) is 1. The lowest BCUT2D eigenvalue weighted by Crippen LogP contribution is -2.43. The standard InChI is InChI=1S/C18H18N4O5/c1-10(16(23)22-18(19)25)20-12-3-2-4-13(8-12)21-17(24)11-5-6-14-15(7-11)27-9-26-14/h2-8,10,20H,9H2,1H3,(H,21,24)(H3,19,22,23,25)/t10-/m1/s1. The fraction of sp³-hybridized carbons (Fsp3) is 0.167. The molecule has 9 heteroatoms. The third kappa shape index (κ3) is 4.46. The van der Waals surface area contributed by atoms with Gasteiger partial charge in [0.15, 0.2) is 11.5 Å². The van der Waals surface area contributed by atoms with E-state index in [2.05, 4.69) is 10.6 Å². The lowest BCUT2D eigenvalue weighted by molar-refractivity contribution is -0.120. The summed E-state index contributed by atoms with van der Waals surface area (Å²) >= 11 is 0. The van der Waals surface area contributed by atoms with Crippen molar-refractivity contribution >= 4 is 29.2 Å². The van der Waals surface area contributed by atoms with E-state index < -0.39 is 18.0 Å². The highest BCUT2D eigenvalue weighted by Gasteiger charge is 2.17. The van der Waals surface area contributed by atoms with Crippen molar-refractivity contribution in [1.29, 1.82) is 0 Å². The van der Waals surface area contributed by atoms with Crippen LogP contribution < -0.4 is 31.2 Å². The molecule has 0 aliphatic carbocycles. The van der Waals surface area contributed by atoms with E-state index in [9.17, 15) is 14.4 Å². The Hall–Kier alpha value is -3.75. The fourth-order valence-electron chi connectivity index (χ4n) is 2.47. The summed E-state index contributed by atoms with van der Waals surface area (Å²) < 4.78 is 10.5. The molecule has 0 fully saturated rings. The Morgan fingerprint density at radius 1 is 1.04 bits per heavy atom. The molecule has 4 amide bonds. The van der Waals surface area contributed by atoms with Gasteiger partial charge in [0.1, 0.15) is 6.04 Å². The van der Waals surface area contributed by atoms with Gasteiger partial charge in [-0.15, -0.1) is 0 Å². The van der Waals surface area contributed by atoms with Crippen LogP contribution in [0.15, 0.2) is 42.5 Å². The van der Waals surface area contributed by atoms with E-state index in [-0.39, 0.29) is 12.7 Å². The molecule has 1 atom stereocenters. The van der Waals surface area contributed by atoms with Crippen LogP contribution in [0.1, 0.15) is 17.3 Å². The molecule has 3 rings (SSSR count). The number of carbonyl (C=O) groups is 3. The SMILES string of the molecule is C[C@@H](Nc1cccc(NC(=O)c2ccc3c(c2)OCO3)c1)C(=O)NC(N)=O. The number of fused-ring (bicyclic) bond motifs is 1. The van der Waals surface area contributed by atoms with Crippen molar-refractivity contribution in [3.05, 3.63) is 48.0 Å². The van der Waals surface area contributed by atoms with E-state index in [0.717, 1.165) is 0 Å². The molecule has 0 unspecified atom stereocenters. The van der Waals surface area contributed by atoms with Crippen LogP contribution in [0.4, 0.5) is 16.2 Å². The fourth-order valence-corrected chi connectivity index (χ4v) is 2.47. The van der Waals surface area contributed by atoms with Crippen molar-refractivity contribution in [1.82, 2.24) is 5.32 Å². The number of urea groups is 1. The van der Waals surface area contributed by atoms with Gasteiger partial charge in [0, 0.05) is 16.9 Å². The highest BCUT2D eigenvalue weighted by Crippen LogP contribution is 2.32. The Bertz CT molecular complexity index is 899. The molecule has 0 aromatic heterocycles. The number of anilines is 2. The van der Waals surface area contributed by atoms with Gasteiger partial charge in [-0.05, 0) is 43.3 Å². The summed E-state index contributed by atoms with van der Waals surface area (Å²) in [6.45, 7) is 1.71. The van der Waals surface area contributed by atoms with Crippen LogP contribution in [0.25, 0.3) is 0 Å². The molecule has 0 bridgehead atoms. The number of rotatable bonds is 5. The minimum atomic E-state index is -0.918. The average Bonchev–Trinajstić information content (AvgIpc) is 3.09. The maximum Gasteiger partial charge on any atom is 0.318 e. The van der Waals surface area contributed by atoms with Crippen LogP contribution in [0.5, 0.6) is 11.5 Å². The molecule has 5 N–H and O–H groups in total. The Morgan fingerprint density at radius 3 is 2.56 bits per heavy atom. The Kier molecular flexibility index (Phi) is 5.11. The second kappa shape index (κ2) is 7.65. The molecule has 140 valence electrons. The second-order valence-electron chi connectivity index (χ2n) is 5.82. The van der Waals surface area contributed by atoms with Crippen molar-refractivity contribution in [2.24, 2.45) is 5.73 Å². The third-order valence-corrected chi connectivity index (χ3v) is 3.78. The summed E-state index contributed by atoms with van der Waals surface area (Å²) in [7, 11) is 0. The first-order valence-corrected chi connectivity index (χ1v) is 8.10. The Labute approximate surface area is 154 Å². The van der Waals surface area contributed by atoms with Crippen molar-refractivity contribution in [3.8, 4) is 11.5 Å². The monoisotopic (exact) mass is 370 g/mol.